The first-order valence-corrected chi connectivity index (χ1v) is 16.4. The van der Waals surface area contributed by atoms with E-state index in [4.69, 9.17) is 9.47 Å². The zero-order valence-corrected chi connectivity index (χ0v) is 24.5. The van der Waals surface area contributed by atoms with Gasteiger partial charge in [-0.2, -0.15) is 0 Å². The lowest BCUT2D eigenvalue weighted by atomic mass is 9.82. The highest BCUT2D eigenvalue weighted by Gasteiger charge is 2.41. The molecule has 1 saturated heterocycles. The number of ether oxygens (including phenoxy) is 2. The average Bonchev–Trinajstić information content (AvgIpc) is 2.88. The summed E-state index contributed by atoms with van der Waals surface area (Å²) in [7, 11) is -3.10. The van der Waals surface area contributed by atoms with E-state index in [0.29, 0.717) is 24.8 Å². The van der Waals surface area contributed by atoms with Gasteiger partial charge in [0.15, 0.2) is 9.84 Å². The molecule has 0 atom stereocenters. The number of amides is 1. The summed E-state index contributed by atoms with van der Waals surface area (Å²) >= 11 is 0. The molecule has 1 spiro atoms. The van der Waals surface area contributed by atoms with E-state index in [-0.39, 0.29) is 17.4 Å². The third-order valence-electron chi connectivity index (χ3n) is 8.45. The molecule has 39 heavy (non-hydrogen) atoms. The van der Waals surface area contributed by atoms with Crippen LogP contribution in [0, 0.1) is 5.92 Å². The van der Waals surface area contributed by atoms with Gasteiger partial charge in [0.05, 0.1) is 11.5 Å². The van der Waals surface area contributed by atoms with Crippen molar-refractivity contribution in [3.63, 3.8) is 0 Å². The number of hydrogen-bond donors (Lipinski definition) is 0. The van der Waals surface area contributed by atoms with Crippen LogP contribution in [0.3, 0.4) is 0 Å². The molecule has 1 aliphatic carbocycles. The lowest BCUT2D eigenvalue weighted by molar-refractivity contribution is -0.0272. The van der Waals surface area contributed by atoms with E-state index in [0.717, 1.165) is 73.8 Å². The van der Waals surface area contributed by atoms with Gasteiger partial charge >= 0.3 is 6.09 Å². The fourth-order valence-electron chi connectivity index (χ4n) is 6.30. The first kappa shape index (κ1) is 28.0. The molecule has 0 bridgehead atoms. The molecular formula is C32H43NO5S. The minimum atomic E-state index is -3.10. The van der Waals surface area contributed by atoms with E-state index in [1.165, 1.54) is 12.0 Å². The first-order valence-electron chi connectivity index (χ1n) is 14.6. The summed E-state index contributed by atoms with van der Waals surface area (Å²) in [6, 6.07) is 14.3. The predicted molar refractivity (Wildman–Crippen MR) is 155 cm³/mol. The summed E-state index contributed by atoms with van der Waals surface area (Å²) in [4.78, 5) is 14.3. The molecule has 6 nitrogen and oxygen atoms in total. The second-order valence-corrected chi connectivity index (χ2v) is 14.9. The van der Waals surface area contributed by atoms with Crippen molar-refractivity contribution in [3.05, 3.63) is 53.6 Å². The highest BCUT2D eigenvalue weighted by Crippen LogP contribution is 2.41. The normalized spacial score (nSPS) is 19.8. The first-order chi connectivity index (χ1) is 18.5. The van der Waals surface area contributed by atoms with Gasteiger partial charge in [0.2, 0.25) is 0 Å². The molecular weight excluding hydrogens is 510 g/mol. The van der Waals surface area contributed by atoms with Crippen LogP contribution in [0.4, 0.5) is 4.79 Å². The monoisotopic (exact) mass is 553 g/mol. The summed E-state index contributed by atoms with van der Waals surface area (Å²) in [5, 5.41) is 0. The molecule has 0 unspecified atom stereocenters. The van der Waals surface area contributed by atoms with E-state index in [9.17, 15) is 13.2 Å². The van der Waals surface area contributed by atoms with Crippen LogP contribution in [0.1, 0.15) is 83.3 Å². The van der Waals surface area contributed by atoms with Crippen LogP contribution in [-0.2, 0) is 26.7 Å². The standard InChI is InChI=1S/C32H43NO5S/c1-31(2,3)38-30(34)33-19-17-32(18-20-33)16-15-28-21-27(13-14-29(28)37-32)26-11-9-25(10-12-26)23-39(35,36)22-24-7-5-4-6-8-24/h9-14,21,24H,4-8,15-20,22-23H2,1-3H3. The summed E-state index contributed by atoms with van der Waals surface area (Å²) in [5.74, 6) is 1.70. The Morgan fingerprint density at radius 1 is 0.974 bits per heavy atom. The Hall–Kier alpha value is -2.54. The summed E-state index contributed by atoms with van der Waals surface area (Å²) < 4.78 is 37.7. The number of benzene rings is 2. The van der Waals surface area contributed by atoms with Gasteiger partial charge in [0.1, 0.15) is 17.0 Å². The van der Waals surface area contributed by atoms with Crippen molar-refractivity contribution in [2.24, 2.45) is 5.92 Å². The Kier molecular flexibility index (Phi) is 8.01. The highest BCUT2D eigenvalue weighted by atomic mass is 32.2. The van der Waals surface area contributed by atoms with Crippen molar-refractivity contribution >= 4 is 15.9 Å². The fraction of sp³-hybridized carbons (Fsp3) is 0.594. The Morgan fingerprint density at radius 2 is 1.64 bits per heavy atom. The number of carbonyl (C=O) groups is 1. The highest BCUT2D eigenvalue weighted by molar-refractivity contribution is 7.90. The predicted octanol–water partition coefficient (Wildman–Crippen LogP) is 6.94. The summed E-state index contributed by atoms with van der Waals surface area (Å²) in [5.41, 5.74) is 3.54. The molecule has 2 aliphatic heterocycles. The quantitative estimate of drug-likeness (QED) is 0.401. The van der Waals surface area contributed by atoms with Gasteiger partial charge in [0.25, 0.3) is 0 Å². The Labute approximate surface area is 234 Å². The number of piperidine rings is 1. The molecule has 1 amide bonds. The number of nitrogens with zero attached hydrogens (tertiary/aromatic N) is 1. The molecule has 1 saturated carbocycles. The molecule has 2 aromatic rings. The van der Waals surface area contributed by atoms with Crippen molar-refractivity contribution in [2.45, 2.75) is 95.5 Å². The van der Waals surface area contributed by atoms with Gasteiger partial charge in [-0.1, -0.05) is 49.6 Å². The number of rotatable bonds is 5. The number of hydrogen-bond acceptors (Lipinski definition) is 5. The molecule has 3 aliphatic rings. The van der Waals surface area contributed by atoms with Crippen LogP contribution in [0.2, 0.25) is 0 Å². The third kappa shape index (κ3) is 7.16. The molecule has 212 valence electrons. The molecule has 0 aromatic heterocycles. The van der Waals surface area contributed by atoms with Gasteiger partial charge in [-0.25, -0.2) is 13.2 Å². The molecule has 7 heteroatoms. The Balaban J connectivity index is 1.19. The maximum Gasteiger partial charge on any atom is 0.410 e. The van der Waals surface area contributed by atoms with E-state index >= 15 is 0 Å². The van der Waals surface area contributed by atoms with Crippen LogP contribution >= 0.6 is 0 Å². The average molecular weight is 554 g/mol. The van der Waals surface area contributed by atoms with Gasteiger partial charge in [-0.05, 0) is 86.8 Å². The van der Waals surface area contributed by atoms with E-state index in [2.05, 4.69) is 18.2 Å². The van der Waals surface area contributed by atoms with Crippen LogP contribution in [0.25, 0.3) is 11.1 Å². The van der Waals surface area contributed by atoms with Crippen LogP contribution < -0.4 is 4.74 Å². The van der Waals surface area contributed by atoms with Crippen molar-refractivity contribution in [2.75, 3.05) is 18.8 Å². The molecule has 2 aromatic carbocycles. The Morgan fingerprint density at radius 3 is 2.31 bits per heavy atom. The van der Waals surface area contributed by atoms with Gasteiger partial charge < -0.3 is 14.4 Å². The van der Waals surface area contributed by atoms with Gasteiger partial charge in [0, 0.05) is 25.9 Å². The topological polar surface area (TPSA) is 72.9 Å². The van der Waals surface area contributed by atoms with E-state index < -0.39 is 15.4 Å². The zero-order chi connectivity index (χ0) is 27.7. The van der Waals surface area contributed by atoms with Gasteiger partial charge in [-0.3, -0.25) is 0 Å². The van der Waals surface area contributed by atoms with Crippen LogP contribution in [-0.4, -0.2) is 49.5 Å². The number of carbonyl (C=O) groups excluding carboxylic acids is 1. The zero-order valence-electron chi connectivity index (χ0n) is 23.7. The second kappa shape index (κ2) is 11.1. The second-order valence-electron chi connectivity index (χ2n) is 12.8. The number of fused-ring (bicyclic) bond motifs is 1. The van der Waals surface area contributed by atoms with E-state index in [1.54, 1.807) is 4.90 Å². The number of likely N-dealkylation sites (tertiary alicyclic amines) is 1. The maximum absolute atomic E-state index is 12.8. The van der Waals surface area contributed by atoms with Crippen LogP contribution in [0.5, 0.6) is 5.75 Å². The summed E-state index contributed by atoms with van der Waals surface area (Å²) in [6.07, 6.45) is 8.89. The van der Waals surface area contributed by atoms with Gasteiger partial charge in [-0.15, -0.1) is 0 Å². The molecule has 2 fully saturated rings. The Bertz CT molecular complexity index is 1260. The lowest BCUT2D eigenvalue weighted by Crippen LogP contribution is -2.52. The minimum Gasteiger partial charge on any atom is -0.487 e. The fourth-order valence-corrected chi connectivity index (χ4v) is 8.17. The van der Waals surface area contributed by atoms with E-state index in [1.807, 2.05) is 45.0 Å². The lowest BCUT2D eigenvalue weighted by Gasteiger charge is -2.44. The number of aryl methyl sites for hydroxylation is 1. The molecule has 5 rings (SSSR count). The molecule has 0 radical (unpaired) electrons. The minimum absolute atomic E-state index is 0.120. The van der Waals surface area contributed by atoms with Crippen molar-refractivity contribution in [1.29, 1.82) is 0 Å². The third-order valence-corrected chi connectivity index (χ3v) is 10.2. The smallest absolute Gasteiger partial charge is 0.410 e. The number of sulfone groups is 1. The molecule has 2 heterocycles. The molecule has 0 N–H and O–H groups in total. The summed E-state index contributed by atoms with van der Waals surface area (Å²) in [6.45, 7) is 6.96. The van der Waals surface area contributed by atoms with Crippen molar-refractivity contribution < 1.29 is 22.7 Å². The largest absolute Gasteiger partial charge is 0.487 e. The van der Waals surface area contributed by atoms with Crippen molar-refractivity contribution in [3.8, 4) is 16.9 Å². The van der Waals surface area contributed by atoms with Crippen molar-refractivity contribution in [1.82, 2.24) is 4.90 Å². The van der Waals surface area contributed by atoms with Crippen LogP contribution in [0.15, 0.2) is 42.5 Å². The SMILES string of the molecule is CC(C)(C)OC(=O)N1CCC2(CCc3cc(-c4ccc(CS(=O)(=O)CC5CCCCC5)cc4)ccc3O2)CC1. The maximum atomic E-state index is 12.8.